The van der Waals surface area contributed by atoms with Crippen molar-refractivity contribution in [3.8, 4) is 5.75 Å². The van der Waals surface area contributed by atoms with Crippen LogP contribution in [0.3, 0.4) is 0 Å². The van der Waals surface area contributed by atoms with Crippen LogP contribution in [0.4, 0.5) is 5.69 Å². The van der Waals surface area contributed by atoms with Crippen molar-refractivity contribution in [2.24, 2.45) is 4.99 Å². The number of hydrogen-bond acceptors (Lipinski definition) is 4. The molecule has 0 unspecified atom stereocenters. The largest absolute Gasteiger partial charge is 0.495 e. The average Bonchev–Trinajstić information content (AvgIpc) is 3.05. The van der Waals surface area contributed by atoms with Gasteiger partial charge in [-0.3, -0.25) is 14.8 Å². The maximum atomic E-state index is 12.8. The zero-order valence-corrected chi connectivity index (χ0v) is 18.7. The van der Waals surface area contributed by atoms with E-state index >= 15 is 0 Å². The highest BCUT2D eigenvalue weighted by Crippen LogP contribution is 2.25. The maximum Gasteiger partial charge on any atom is 0.257 e. The van der Waals surface area contributed by atoms with Crippen LogP contribution in [0.5, 0.6) is 5.75 Å². The van der Waals surface area contributed by atoms with E-state index in [0.29, 0.717) is 23.8 Å². The van der Waals surface area contributed by atoms with Crippen molar-refractivity contribution in [3.63, 3.8) is 0 Å². The lowest BCUT2D eigenvalue weighted by molar-refractivity contribution is 0.0977. The molecule has 3 aromatic rings. The van der Waals surface area contributed by atoms with Crippen LogP contribution in [0.1, 0.15) is 39.8 Å². The third kappa shape index (κ3) is 5.31. The summed E-state index contributed by atoms with van der Waals surface area (Å²) in [6.45, 7) is 9.26. The van der Waals surface area contributed by atoms with Gasteiger partial charge in [0.25, 0.3) is 5.91 Å². The van der Waals surface area contributed by atoms with Crippen molar-refractivity contribution >= 4 is 17.6 Å². The Labute approximate surface area is 183 Å². The molecular weight excluding hydrogens is 390 g/mol. The number of guanidine groups is 1. The molecule has 3 rings (SSSR count). The number of benzene rings is 2. The van der Waals surface area contributed by atoms with Crippen LogP contribution in [0.2, 0.25) is 0 Å². The van der Waals surface area contributed by atoms with Gasteiger partial charge in [0.15, 0.2) is 0 Å². The summed E-state index contributed by atoms with van der Waals surface area (Å²) in [5, 5.41) is 10.7. The lowest BCUT2D eigenvalue weighted by Gasteiger charge is -2.15. The van der Waals surface area contributed by atoms with Crippen molar-refractivity contribution in [2.45, 2.75) is 40.8 Å². The molecular formula is C24H29N5O2. The number of nitrogens with zero attached hydrogens (tertiary/aromatic N) is 3. The SMILES string of the molecule is CCn1nc(C)c(CN=C(NC(=O)c2ccccc2)Nc2cc(C)ccc2OC)c1C. The number of carbonyl (C=O) groups excluding carboxylic acids is 1. The lowest BCUT2D eigenvalue weighted by Crippen LogP contribution is -2.36. The van der Waals surface area contributed by atoms with Crippen LogP contribution in [0.15, 0.2) is 53.5 Å². The fourth-order valence-corrected chi connectivity index (χ4v) is 3.36. The molecule has 7 nitrogen and oxygen atoms in total. The van der Waals surface area contributed by atoms with Crippen LogP contribution in [-0.4, -0.2) is 28.8 Å². The first-order chi connectivity index (χ1) is 14.9. The van der Waals surface area contributed by atoms with Gasteiger partial charge >= 0.3 is 0 Å². The number of nitrogens with one attached hydrogen (secondary N) is 2. The third-order valence-corrected chi connectivity index (χ3v) is 5.10. The number of methoxy groups -OCH3 is 1. The van der Waals surface area contributed by atoms with E-state index in [1.165, 1.54) is 0 Å². The number of amides is 1. The Balaban J connectivity index is 1.92. The van der Waals surface area contributed by atoms with Crippen LogP contribution in [0.25, 0.3) is 0 Å². The predicted octanol–water partition coefficient (Wildman–Crippen LogP) is 4.23. The second-order valence-corrected chi connectivity index (χ2v) is 7.28. The zero-order valence-electron chi connectivity index (χ0n) is 18.7. The summed E-state index contributed by atoms with van der Waals surface area (Å²) in [6.07, 6.45) is 0. The van der Waals surface area contributed by atoms with Gasteiger partial charge in [0.2, 0.25) is 5.96 Å². The molecule has 0 saturated carbocycles. The van der Waals surface area contributed by atoms with Crippen LogP contribution in [-0.2, 0) is 13.1 Å². The van der Waals surface area contributed by atoms with Crippen molar-refractivity contribution in [2.75, 3.05) is 12.4 Å². The van der Waals surface area contributed by atoms with Crippen molar-refractivity contribution in [1.29, 1.82) is 0 Å². The lowest BCUT2D eigenvalue weighted by atomic mass is 10.2. The number of anilines is 1. The standard InChI is InChI=1S/C24H29N5O2/c1-6-29-18(4)20(17(3)28-29)15-25-24(27-23(30)19-10-8-7-9-11-19)26-21-14-16(2)12-13-22(21)31-5/h7-14H,6,15H2,1-5H3,(H2,25,26,27,30). The maximum absolute atomic E-state index is 12.8. The number of hydrogen-bond donors (Lipinski definition) is 2. The highest BCUT2D eigenvalue weighted by Gasteiger charge is 2.14. The van der Waals surface area contributed by atoms with Gasteiger partial charge < -0.3 is 10.1 Å². The van der Waals surface area contributed by atoms with Gasteiger partial charge in [-0.15, -0.1) is 0 Å². The first-order valence-electron chi connectivity index (χ1n) is 10.3. The van der Waals surface area contributed by atoms with E-state index in [-0.39, 0.29) is 5.91 Å². The first-order valence-corrected chi connectivity index (χ1v) is 10.3. The number of aliphatic imine (C=N–C) groups is 1. The molecule has 1 amide bonds. The van der Waals surface area contributed by atoms with Crippen LogP contribution >= 0.6 is 0 Å². The summed E-state index contributed by atoms with van der Waals surface area (Å²) in [5.74, 6) is 0.774. The van der Waals surface area contributed by atoms with E-state index in [0.717, 1.165) is 34.7 Å². The molecule has 162 valence electrons. The van der Waals surface area contributed by atoms with Gasteiger partial charge in [0.1, 0.15) is 5.75 Å². The second kappa shape index (κ2) is 9.93. The fourth-order valence-electron chi connectivity index (χ4n) is 3.36. The molecule has 31 heavy (non-hydrogen) atoms. The molecule has 0 atom stereocenters. The Morgan fingerprint density at radius 2 is 1.87 bits per heavy atom. The van der Waals surface area contributed by atoms with Gasteiger partial charge in [-0.25, -0.2) is 4.99 Å². The monoisotopic (exact) mass is 419 g/mol. The Hall–Kier alpha value is -3.61. The predicted molar refractivity (Wildman–Crippen MR) is 124 cm³/mol. The summed E-state index contributed by atoms with van der Waals surface area (Å²) in [4.78, 5) is 17.5. The molecule has 0 saturated heterocycles. The van der Waals surface area contributed by atoms with Gasteiger partial charge in [-0.1, -0.05) is 24.3 Å². The molecule has 0 bridgehead atoms. The van der Waals surface area contributed by atoms with Crippen LogP contribution in [0, 0.1) is 20.8 Å². The number of aromatic nitrogens is 2. The molecule has 0 spiro atoms. The molecule has 2 N–H and O–H groups in total. The van der Waals surface area contributed by atoms with E-state index in [4.69, 9.17) is 9.73 Å². The Morgan fingerprint density at radius 3 is 2.52 bits per heavy atom. The quantitative estimate of drug-likeness (QED) is 0.463. The Morgan fingerprint density at radius 1 is 1.13 bits per heavy atom. The summed E-state index contributed by atoms with van der Waals surface area (Å²) in [5.41, 5.74) is 5.40. The van der Waals surface area contributed by atoms with Crippen molar-refractivity contribution < 1.29 is 9.53 Å². The summed E-state index contributed by atoms with van der Waals surface area (Å²) < 4.78 is 7.42. The highest BCUT2D eigenvalue weighted by molar-refractivity contribution is 6.10. The molecule has 2 aromatic carbocycles. The minimum absolute atomic E-state index is 0.240. The number of aryl methyl sites for hydroxylation is 3. The minimum atomic E-state index is -0.240. The molecule has 0 aliphatic heterocycles. The topological polar surface area (TPSA) is 80.5 Å². The fraction of sp³-hybridized carbons (Fsp3) is 0.292. The van der Waals surface area contributed by atoms with Gasteiger partial charge in [-0.05, 0) is 57.5 Å². The molecule has 0 aliphatic rings. The van der Waals surface area contributed by atoms with Gasteiger partial charge in [0, 0.05) is 23.4 Å². The van der Waals surface area contributed by atoms with E-state index in [1.54, 1.807) is 19.2 Å². The van der Waals surface area contributed by atoms with Crippen molar-refractivity contribution in [1.82, 2.24) is 15.1 Å². The number of carbonyl (C=O) groups is 1. The molecule has 7 heteroatoms. The zero-order chi connectivity index (χ0) is 22.4. The minimum Gasteiger partial charge on any atom is -0.495 e. The van der Waals surface area contributed by atoms with Gasteiger partial charge in [0.05, 0.1) is 25.0 Å². The molecule has 0 fully saturated rings. The summed E-state index contributed by atoms with van der Waals surface area (Å²) in [7, 11) is 1.61. The normalized spacial score (nSPS) is 11.3. The van der Waals surface area contributed by atoms with Crippen LogP contribution < -0.4 is 15.4 Å². The first kappa shape index (κ1) is 22.1. The average molecular weight is 420 g/mol. The molecule has 0 aliphatic carbocycles. The summed E-state index contributed by atoms with van der Waals surface area (Å²) >= 11 is 0. The summed E-state index contributed by atoms with van der Waals surface area (Å²) in [6, 6.07) is 14.9. The third-order valence-electron chi connectivity index (χ3n) is 5.10. The Kier molecular flexibility index (Phi) is 7.07. The van der Waals surface area contributed by atoms with E-state index in [2.05, 4.69) is 22.7 Å². The van der Waals surface area contributed by atoms with Gasteiger partial charge in [-0.2, -0.15) is 5.10 Å². The highest BCUT2D eigenvalue weighted by atomic mass is 16.5. The van der Waals surface area contributed by atoms with E-state index < -0.39 is 0 Å². The number of rotatable bonds is 6. The Bertz CT molecular complexity index is 1090. The number of ether oxygens (including phenoxy) is 1. The molecule has 0 radical (unpaired) electrons. The second-order valence-electron chi connectivity index (χ2n) is 7.28. The van der Waals surface area contributed by atoms with E-state index in [1.807, 2.05) is 61.9 Å². The smallest absolute Gasteiger partial charge is 0.257 e. The molecule has 1 aromatic heterocycles. The van der Waals surface area contributed by atoms with Crippen molar-refractivity contribution in [3.05, 3.63) is 76.6 Å². The molecule has 1 heterocycles. The van der Waals surface area contributed by atoms with E-state index in [9.17, 15) is 4.79 Å².